The number of esters is 2. The molecule has 0 amide bonds. The average molecular weight is 206 g/mol. The highest BCUT2D eigenvalue weighted by atomic mass is 16.7. The lowest BCUT2D eigenvalue weighted by atomic mass is 10.3. The summed E-state index contributed by atoms with van der Waals surface area (Å²) in [6, 6.07) is 0. The summed E-state index contributed by atoms with van der Waals surface area (Å²) >= 11 is 0. The van der Waals surface area contributed by atoms with Crippen molar-refractivity contribution in [3.05, 3.63) is 0 Å². The van der Waals surface area contributed by atoms with E-state index in [0.717, 1.165) is 0 Å². The SMILES string of the molecule is O=C(O)OC(=O)CCC(=O)OC(=O)O. The van der Waals surface area contributed by atoms with Crippen LogP contribution in [0.5, 0.6) is 0 Å². The molecular formula is C6H6O8. The molecule has 0 atom stereocenters. The number of hydrogen-bond acceptors (Lipinski definition) is 6. The van der Waals surface area contributed by atoms with Gasteiger partial charge in [0.25, 0.3) is 0 Å². The molecule has 0 aliphatic rings. The van der Waals surface area contributed by atoms with Gasteiger partial charge in [0.2, 0.25) is 0 Å². The summed E-state index contributed by atoms with van der Waals surface area (Å²) < 4.78 is 7.26. The van der Waals surface area contributed by atoms with Gasteiger partial charge in [-0.05, 0) is 0 Å². The van der Waals surface area contributed by atoms with E-state index in [2.05, 4.69) is 9.47 Å². The molecule has 78 valence electrons. The molecule has 0 aromatic heterocycles. The van der Waals surface area contributed by atoms with Crippen LogP contribution in [0.2, 0.25) is 0 Å². The average Bonchev–Trinajstić information content (AvgIpc) is 1.98. The van der Waals surface area contributed by atoms with Crippen LogP contribution in [0.25, 0.3) is 0 Å². The smallest absolute Gasteiger partial charge is 0.449 e. The first-order chi connectivity index (χ1) is 6.41. The van der Waals surface area contributed by atoms with Gasteiger partial charge in [0, 0.05) is 0 Å². The van der Waals surface area contributed by atoms with Crippen LogP contribution in [0.1, 0.15) is 12.8 Å². The Morgan fingerprint density at radius 3 is 1.29 bits per heavy atom. The van der Waals surface area contributed by atoms with E-state index in [1.165, 1.54) is 0 Å². The summed E-state index contributed by atoms with van der Waals surface area (Å²) in [6.45, 7) is 0. The highest BCUT2D eigenvalue weighted by Gasteiger charge is 2.14. The standard InChI is InChI=1S/C6H6O8/c7-3(13-5(9)10)1-2-4(8)14-6(11)12/h1-2H2,(H,9,10)(H,11,12). The topological polar surface area (TPSA) is 127 Å². The van der Waals surface area contributed by atoms with Crippen molar-refractivity contribution in [3.63, 3.8) is 0 Å². The first-order valence-corrected chi connectivity index (χ1v) is 3.29. The zero-order chi connectivity index (χ0) is 11.1. The van der Waals surface area contributed by atoms with Gasteiger partial charge in [0.05, 0.1) is 12.8 Å². The Kier molecular flexibility index (Phi) is 4.68. The quantitative estimate of drug-likeness (QED) is 0.495. The fraction of sp³-hybridized carbons (Fsp3) is 0.333. The van der Waals surface area contributed by atoms with E-state index in [4.69, 9.17) is 10.2 Å². The molecular weight excluding hydrogens is 200 g/mol. The van der Waals surface area contributed by atoms with Gasteiger partial charge in [-0.3, -0.25) is 9.59 Å². The van der Waals surface area contributed by atoms with Crippen molar-refractivity contribution in [3.8, 4) is 0 Å². The third kappa shape index (κ3) is 6.58. The second kappa shape index (κ2) is 5.51. The van der Waals surface area contributed by atoms with Crippen molar-refractivity contribution in [2.45, 2.75) is 12.8 Å². The molecule has 0 aliphatic heterocycles. The van der Waals surface area contributed by atoms with Crippen molar-refractivity contribution in [1.82, 2.24) is 0 Å². The second-order valence-electron chi connectivity index (χ2n) is 1.98. The number of rotatable bonds is 3. The Hall–Kier alpha value is -2.12. The van der Waals surface area contributed by atoms with Crippen molar-refractivity contribution < 1.29 is 38.9 Å². The lowest BCUT2D eigenvalue weighted by molar-refractivity contribution is -0.145. The minimum atomic E-state index is -1.79. The minimum Gasteiger partial charge on any atom is -0.449 e. The third-order valence-corrected chi connectivity index (χ3v) is 0.936. The van der Waals surface area contributed by atoms with Gasteiger partial charge in [0.15, 0.2) is 0 Å². The molecule has 0 spiro atoms. The van der Waals surface area contributed by atoms with Crippen molar-refractivity contribution >= 4 is 24.2 Å². The molecule has 0 aromatic carbocycles. The summed E-state index contributed by atoms with van der Waals surface area (Å²) in [6.07, 6.45) is -4.69. The van der Waals surface area contributed by atoms with Crippen molar-refractivity contribution in [1.29, 1.82) is 0 Å². The zero-order valence-corrected chi connectivity index (χ0v) is 6.76. The Morgan fingerprint density at radius 2 is 1.07 bits per heavy atom. The van der Waals surface area contributed by atoms with Crippen LogP contribution in [-0.2, 0) is 19.1 Å². The van der Waals surface area contributed by atoms with Gasteiger partial charge in [-0.15, -0.1) is 0 Å². The fourth-order valence-electron chi connectivity index (χ4n) is 0.501. The van der Waals surface area contributed by atoms with Gasteiger partial charge in [-0.25, -0.2) is 9.59 Å². The number of carbonyl (C=O) groups excluding carboxylic acids is 2. The summed E-state index contributed by atoms with van der Waals surface area (Å²) in [5.74, 6) is -2.31. The molecule has 8 heteroatoms. The lowest BCUT2D eigenvalue weighted by Crippen LogP contribution is -2.14. The summed E-state index contributed by atoms with van der Waals surface area (Å²) in [4.78, 5) is 40.5. The maximum atomic E-state index is 10.5. The monoisotopic (exact) mass is 206 g/mol. The Labute approximate surface area is 77.0 Å². The van der Waals surface area contributed by atoms with Crippen LogP contribution in [-0.4, -0.2) is 34.5 Å². The van der Waals surface area contributed by atoms with E-state index in [1.54, 1.807) is 0 Å². The van der Waals surface area contributed by atoms with Crippen LogP contribution in [0, 0.1) is 0 Å². The van der Waals surface area contributed by atoms with Crippen molar-refractivity contribution in [2.24, 2.45) is 0 Å². The van der Waals surface area contributed by atoms with Crippen LogP contribution in [0.15, 0.2) is 0 Å². The van der Waals surface area contributed by atoms with E-state index in [9.17, 15) is 19.2 Å². The van der Waals surface area contributed by atoms with Gasteiger partial charge in [-0.1, -0.05) is 0 Å². The first-order valence-electron chi connectivity index (χ1n) is 3.29. The van der Waals surface area contributed by atoms with E-state index in [0.29, 0.717) is 0 Å². The summed E-state index contributed by atoms with van der Waals surface area (Å²) in [5.41, 5.74) is 0. The maximum Gasteiger partial charge on any atom is 0.513 e. The molecule has 8 nitrogen and oxygen atoms in total. The Balaban J connectivity index is 3.72. The first kappa shape index (κ1) is 11.9. The normalized spacial score (nSPS) is 8.86. The predicted octanol–water partition coefficient (Wildman–Crippen LogP) is 0.209. The number of ether oxygens (including phenoxy) is 2. The lowest BCUT2D eigenvalue weighted by Gasteiger charge is -1.97. The van der Waals surface area contributed by atoms with Crippen LogP contribution >= 0.6 is 0 Å². The van der Waals surface area contributed by atoms with E-state index >= 15 is 0 Å². The van der Waals surface area contributed by atoms with Gasteiger partial charge >= 0.3 is 24.2 Å². The highest BCUT2D eigenvalue weighted by molar-refractivity contribution is 5.86. The molecule has 14 heavy (non-hydrogen) atoms. The molecule has 2 N–H and O–H groups in total. The highest BCUT2D eigenvalue weighted by Crippen LogP contribution is 1.96. The Bertz CT molecular complexity index is 239. The largest absolute Gasteiger partial charge is 0.513 e. The summed E-state index contributed by atoms with van der Waals surface area (Å²) in [7, 11) is 0. The van der Waals surface area contributed by atoms with E-state index in [1.807, 2.05) is 0 Å². The molecule has 0 saturated carbocycles. The van der Waals surface area contributed by atoms with E-state index < -0.39 is 37.1 Å². The molecule has 0 heterocycles. The fourth-order valence-corrected chi connectivity index (χ4v) is 0.501. The third-order valence-electron chi connectivity index (χ3n) is 0.936. The van der Waals surface area contributed by atoms with Crippen LogP contribution in [0.3, 0.4) is 0 Å². The molecule has 0 saturated heterocycles. The maximum absolute atomic E-state index is 10.5. The van der Waals surface area contributed by atoms with Gasteiger partial charge < -0.3 is 19.7 Å². The zero-order valence-electron chi connectivity index (χ0n) is 6.76. The molecule has 0 aliphatic carbocycles. The van der Waals surface area contributed by atoms with Gasteiger partial charge in [-0.2, -0.15) is 0 Å². The Morgan fingerprint density at radius 1 is 0.786 bits per heavy atom. The van der Waals surface area contributed by atoms with Crippen molar-refractivity contribution in [2.75, 3.05) is 0 Å². The number of carbonyl (C=O) groups is 4. The number of hydrogen-bond donors (Lipinski definition) is 2. The molecule has 0 rings (SSSR count). The number of carboxylic acid groups (broad SMARTS) is 2. The molecule has 0 fully saturated rings. The second-order valence-corrected chi connectivity index (χ2v) is 1.98. The van der Waals surface area contributed by atoms with Crippen LogP contribution < -0.4 is 0 Å². The summed E-state index contributed by atoms with van der Waals surface area (Å²) in [5, 5.41) is 15.9. The molecule has 0 aromatic rings. The molecule has 0 radical (unpaired) electrons. The predicted molar refractivity (Wildman–Crippen MR) is 37.5 cm³/mol. The molecule has 0 unspecified atom stereocenters. The minimum absolute atomic E-state index is 0.557. The van der Waals surface area contributed by atoms with E-state index in [-0.39, 0.29) is 0 Å². The van der Waals surface area contributed by atoms with Crippen LogP contribution in [0.4, 0.5) is 9.59 Å². The molecule has 0 bridgehead atoms. The van der Waals surface area contributed by atoms with Gasteiger partial charge in [0.1, 0.15) is 0 Å².